The van der Waals surface area contributed by atoms with Crippen molar-refractivity contribution in [2.24, 2.45) is 0 Å². The molecule has 0 spiro atoms. The van der Waals surface area contributed by atoms with Crippen LogP contribution in [0.25, 0.3) is 0 Å². The Labute approximate surface area is 88.1 Å². The van der Waals surface area contributed by atoms with Gasteiger partial charge in [0.05, 0.1) is 6.61 Å². The number of aromatic nitrogens is 1. The van der Waals surface area contributed by atoms with E-state index in [9.17, 15) is 0 Å². The van der Waals surface area contributed by atoms with Crippen LogP contribution in [0.5, 0.6) is 0 Å². The van der Waals surface area contributed by atoms with E-state index in [2.05, 4.69) is 11.1 Å². The number of methoxy groups -OCH3 is 1. The number of pyridine rings is 1. The van der Waals surface area contributed by atoms with Gasteiger partial charge in [-0.25, -0.2) is 4.98 Å². The second-order valence-electron chi connectivity index (χ2n) is 2.67. The molecule has 1 rings (SSSR count). The summed E-state index contributed by atoms with van der Waals surface area (Å²) in [4.78, 5) is 3.99. The zero-order chi connectivity index (χ0) is 10.2. The fourth-order valence-corrected chi connectivity index (χ4v) is 1.86. The lowest BCUT2D eigenvalue weighted by molar-refractivity contribution is 0.218. The molecule has 0 atom stereocenters. The first-order valence-corrected chi connectivity index (χ1v) is 5.44. The monoisotopic (exact) mass is 208 g/mol. The average molecular weight is 208 g/mol. The molecule has 1 heterocycles. The topological polar surface area (TPSA) is 45.9 Å². The van der Waals surface area contributed by atoms with E-state index in [1.807, 2.05) is 12.1 Å². The molecule has 0 radical (unpaired) electrons. The molecular weight excluding hydrogens is 196 g/mol. The Balaban J connectivity index is 2.46. The lowest BCUT2D eigenvalue weighted by Gasteiger charge is -2.02. The lowest BCUT2D eigenvalue weighted by Crippen LogP contribution is -1.95. The molecule has 0 aromatic carbocycles. The zero-order valence-electron chi connectivity index (χ0n) is 8.06. The van der Waals surface area contributed by atoms with E-state index in [-0.39, 0.29) is 0 Å². The van der Waals surface area contributed by atoms with E-state index in [0.717, 1.165) is 23.7 Å². The van der Waals surface area contributed by atoms with E-state index in [0.29, 0.717) is 5.69 Å². The highest BCUT2D eigenvalue weighted by molar-refractivity contribution is 7.98. The van der Waals surface area contributed by atoms with Crippen molar-refractivity contribution in [2.45, 2.75) is 5.75 Å². The number of thioether (sulfide) groups is 1. The van der Waals surface area contributed by atoms with Gasteiger partial charge in [0.15, 0.2) is 0 Å². The van der Waals surface area contributed by atoms with Crippen molar-refractivity contribution in [3.05, 3.63) is 29.6 Å². The molecule has 0 saturated heterocycles. The third kappa shape index (κ3) is 3.36. The van der Waals surface area contributed by atoms with Crippen LogP contribution >= 0.6 is 11.8 Å². The highest BCUT2D eigenvalue weighted by Gasteiger charge is 2.01. The van der Waals surface area contributed by atoms with Crippen molar-refractivity contribution in [1.29, 1.82) is 5.26 Å². The largest absolute Gasteiger partial charge is 0.384 e. The standard InChI is InChI=1S/C10H12N2OS/c1-13-5-6-14-8-9-3-2-4-12-10(9)7-11/h2-4H,5-6,8H2,1H3. The Hall–Kier alpha value is -1.05. The molecule has 4 heteroatoms. The van der Waals surface area contributed by atoms with Crippen LogP contribution in [-0.2, 0) is 10.5 Å². The minimum atomic E-state index is 0.525. The summed E-state index contributed by atoms with van der Waals surface area (Å²) in [7, 11) is 1.69. The number of nitriles is 1. The SMILES string of the molecule is COCCSCc1cccnc1C#N. The molecule has 0 fully saturated rings. The number of hydrogen-bond acceptors (Lipinski definition) is 4. The molecule has 0 N–H and O–H groups in total. The number of rotatable bonds is 5. The summed E-state index contributed by atoms with van der Waals surface area (Å²) in [5, 5.41) is 8.77. The highest BCUT2D eigenvalue weighted by Crippen LogP contribution is 2.13. The molecule has 0 bridgehead atoms. The quantitative estimate of drug-likeness (QED) is 0.693. The van der Waals surface area contributed by atoms with Crippen molar-refractivity contribution in [3.63, 3.8) is 0 Å². The molecule has 0 amide bonds. The summed E-state index contributed by atoms with van der Waals surface area (Å²) in [6.45, 7) is 0.743. The first kappa shape index (κ1) is 11.0. The van der Waals surface area contributed by atoms with Gasteiger partial charge in [0.1, 0.15) is 11.8 Å². The minimum Gasteiger partial charge on any atom is -0.384 e. The molecule has 1 aromatic rings. The maximum Gasteiger partial charge on any atom is 0.144 e. The van der Waals surface area contributed by atoms with Crippen LogP contribution in [0, 0.1) is 11.3 Å². The molecule has 3 nitrogen and oxygen atoms in total. The van der Waals surface area contributed by atoms with Crippen molar-refractivity contribution >= 4 is 11.8 Å². The Bertz CT molecular complexity index is 322. The van der Waals surface area contributed by atoms with E-state index >= 15 is 0 Å². The lowest BCUT2D eigenvalue weighted by atomic mass is 10.2. The maximum absolute atomic E-state index is 8.77. The summed E-state index contributed by atoms with van der Waals surface area (Å²) < 4.78 is 4.93. The minimum absolute atomic E-state index is 0.525. The number of nitrogens with zero attached hydrogens (tertiary/aromatic N) is 2. The number of ether oxygens (including phenoxy) is 1. The first-order valence-electron chi connectivity index (χ1n) is 4.29. The summed E-state index contributed by atoms with van der Waals surface area (Å²) in [5.41, 5.74) is 1.52. The normalized spacial score (nSPS) is 9.71. The van der Waals surface area contributed by atoms with E-state index in [1.54, 1.807) is 25.1 Å². The summed E-state index contributed by atoms with van der Waals surface area (Å²) in [6.07, 6.45) is 1.64. The van der Waals surface area contributed by atoms with Crippen molar-refractivity contribution in [3.8, 4) is 6.07 Å². The average Bonchev–Trinajstić information content (AvgIpc) is 2.25. The third-order valence-corrected chi connectivity index (χ3v) is 2.66. The maximum atomic E-state index is 8.77. The van der Waals surface area contributed by atoms with Crippen molar-refractivity contribution < 1.29 is 4.74 Å². The highest BCUT2D eigenvalue weighted by atomic mass is 32.2. The van der Waals surface area contributed by atoms with Gasteiger partial charge in [-0.05, 0) is 11.6 Å². The fourth-order valence-electron chi connectivity index (χ4n) is 0.980. The molecule has 0 aliphatic rings. The zero-order valence-corrected chi connectivity index (χ0v) is 8.88. The number of hydrogen-bond donors (Lipinski definition) is 0. The van der Waals surface area contributed by atoms with Crippen LogP contribution in [0.1, 0.15) is 11.3 Å². The van der Waals surface area contributed by atoms with Crippen molar-refractivity contribution in [1.82, 2.24) is 4.98 Å². The van der Waals surface area contributed by atoms with Gasteiger partial charge in [-0.2, -0.15) is 17.0 Å². The van der Waals surface area contributed by atoms with E-state index < -0.39 is 0 Å². The smallest absolute Gasteiger partial charge is 0.144 e. The fraction of sp³-hybridized carbons (Fsp3) is 0.400. The van der Waals surface area contributed by atoms with Crippen LogP contribution in [0.4, 0.5) is 0 Å². The van der Waals surface area contributed by atoms with Gasteiger partial charge in [-0.3, -0.25) is 0 Å². The van der Waals surface area contributed by atoms with E-state index in [4.69, 9.17) is 10.00 Å². The van der Waals surface area contributed by atoms with Gasteiger partial charge in [-0.15, -0.1) is 0 Å². The first-order chi connectivity index (χ1) is 6.88. The Morgan fingerprint density at radius 2 is 2.50 bits per heavy atom. The van der Waals surface area contributed by atoms with Gasteiger partial charge < -0.3 is 4.74 Å². The predicted octanol–water partition coefficient (Wildman–Crippen LogP) is 1.83. The molecule has 14 heavy (non-hydrogen) atoms. The van der Waals surface area contributed by atoms with Gasteiger partial charge in [-0.1, -0.05) is 6.07 Å². The van der Waals surface area contributed by atoms with Crippen molar-refractivity contribution in [2.75, 3.05) is 19.5 Å². The summed E-state index contributed by atoms with van der Waals surface area (Å²) >= 11 is 1.74. The Kier molecular flexibility index (Phi) is 5.05. The van der Waals surface area contributed by atoms with Crippen LogP contribution in [0.3, 0.4) is 0 Å². The Morgan fingerprint density at radius 3 is 3.21 bits per heavy atom. The van der Waals surface area contributed by atoms with Crippen LogP contribution in [0.2, 0.25) is 0 Å². The molecule has 0 aliphatic heterocycles. The van der Waals surface area contributed by atoms with Gasteiger partial charge in [0.25, 0.3) is 0 Å². The third-order valence-electron chi connectivity index (χ3n) is 1.69. The second-order valence-corrected chi connectivity index (χ2v) is 3.77. The molecular formula is C10H12N2OS. The molecule has 0 unspecified atom stereocenters. The Morgan fingerprint density at radius 1 is 1.64 bits per heavy atom. The molecule has 74 valence electrons. The molecule has 0 saturated carbocycles. The second kappa shape index (κ2) is 6.41. The summed E-state index contributed by atoms with van der Waals surface area (Å²) in [5.74, 6) is 1.76. The van der Waals surface area contributed by atoms with Gasteiger partial charge >= 0.3 is 0 Å². The van der Waals surface area contributed by atoms with Crippen LogP contribution < -0.4 is 0 Å². The van der Waals surface area contributed by atoms with Gasteiger partial charge in [0.2, 0.25) is 0 Å². The summed E-state index contributed by atoms with van der Waals surface area (Å²) in [6, 6.07) is 5.87. The predicted molar refractivity (Wildman–Crippen MR) is 57.0 cm³/mol. The van der Waals surface area contributed by atoms with E-state index in [1.165, 1.54) is 0 Å². The molecule has 0 aliphatic carbocycles. The van der Waals surface area contributed by atoms with Crippen LogP contribution in [0.15, 0.2) is 18.3 Å². The van der Waals surface area contributed by atoms with Gasteiger partial charge in [0, 0.05) is 24.8 Å². The molecule has 1 aromatic heterocycles. The van der Waals surface area contributed by atoms with Crippen LogP contribution in [-0.4, -0.2) is 24.5 Å².